The van der Waals surface area contributed by atoms with Crippen LogP contribution in [0.4, 0.5) is 5.82 Å². The summed E-state index contributed by atoms with van der Waals surface area (Å²) in [7, 11) is 3.04. The molecule has 172 valence electrons. The zero-order valence-corrected chi connectivity index (χ0v) is 18.2. The minimum atomic E-state index is -1.29. The number of likely N-dealkylation sites (N-methyl/N-ethyl adjacent to an activating group) is 1. The van der Waals surface area contributed by atoms with Crippen molar-refractivity contribution in [2.24, 2.45) is 5.11 Å². The van der Waals surface area contributed by atoms with Gasteiger partial charge in [-0.15, -0.1) is 0 Å². The van der Waals surface area contributed by atoms with E-state index in [1.54, 1.807) is 7.11 Å². The standard InChI is InChI=1S/C20H23N9O4/c1-10-4-5-12(32-3)11(6-10)7-23-17-14-18(25-8-24-17)29(9-26-14)20-15(30)13(27-28-21)16(33-20)19(31)22-2/h4-6,8-9,13,15-16,20,30H,7H2,1-3H3,(H,22,31)(H,23,24,25). The first-order valence-electron chi connectivity index (χ1n) is 10.1. The maximum atomic E-state index is 12.2. The van der Waals surface area contributed by atoms with Crippen molar-refractivity contribution in [1.29, 1.82) is 0 Å². The summed E-state index contributed by atoms with van der Waals surface area (Å²) in [5, 5.41) is 20.0. The van der Waals surface area contributed by atoms with Crippen molar-refractivity contribution in [1.82, 2.24) is 24.8 Å². The number of anilines is 1. The van der Waals surface area contributed by atoms with Crippen LogP contribution in [0.25, 0.3) is 21.6 Å². The maximum absolute atomic E-state index is 12.2. The average molecular weight is 453 g/mol. The van der Waals surface area contributed by atoms with Crippen LogP contribution in [0.1, 0.15) is 17.4 Å². The Morgan fingerprint density at radius 1 is 1.39 bits per heavy atom. The Kier molecular flexibility index (Phi) is 6.27. The molecule has 4 unspecified atom stereocenters. The van der Waals surface area contributed by atoms with Crippen molar-refractivity contribution in [2.45, 2.75) is 37.9 Å². The number of imidazole rings is 1. The zero-order valence-electron chi connectivity index (χ0n) is 18.2. The van der Waals surface area contributed by atoms with Gasteiger partial charge in [0.1, 0.15) is 30.3 Å². The number of carbonyl (C=O) groups is 1. The molecular formula is C20H23N9O4. The van der Waals surface area contributed by atoms with Crippen molar-refractivity contribution in [2.75, 3.05) is 19.5 Å². The summed E-state index contributed by atoms with van der Waals surface area (Å²) in [6.45, 7) is 2.43. The summed E-state index contributed by atoms with van der Waals surface area (Å²) in [4.78, 5) is 27.8. The van der Waals surface area contributed by atoms with Crippen molar-refractivity contribution < 1.29 is 19.4 Å². The van der Waals surface area contributed by atoms with Gasteiger partial charge in [0.15, 0.2) is 23.2 Å². The molecule has 13 heteroatoms. The highest BCUT2D eigenvalue weighted by molar-refractivity contribution is 5.83. The molecule has 0 aliphatic carbocycles. The molecule has 4 atom stereocenters. The number of aromatic nitrogens is 4. The number of nitrogens with zero attached hydrogens (tertiary/aromatic N) is 7. The van der Waals surface area contributed by atoms with Crippen LogP contribution in [0.3, 0.4) is 0 Å². The third kappa shape index (κ3) is 4.12. The van der Waals surface area contributed by atoms with Crippen LogP contribution in [0.2, 0.25) is 0 Å². The quantitative estimate of drug-likeness (QED) is 0.274. The molecule has 3 heterocycles. The van der Waals surface area contributed by atoms with Gasteiger partial charge in [-0.25, -0.2) is 15.0 Å². The normalized spacial score (nSPS) is 22.1. The van der Waals surface area contributed by atoms with Crippen LogP contribution in [0, 0.1) is 6.92 Å². The van der Waals surface area contributed by atoms with Gasteiger partial charge in [0.05, 0.1) is 13.4 Å². The summed E-state index contributed by atoms with van der Waals surface area (Å²) >= 11 is 0. The van der Waals surface area contributed by atoms with E-state index in [9.17, 15) is 9.90 Å². The number of rotatable bonds is 7. The number of fused-ring (bicyclic) bond motifs is 1. The largest absolute Gasteiger partial charge is 0.496 e. The number of methoxy groups -OCH3 is 1. The number of aryl methyl sites for hydroxylation is 1. The van der Waals surface area contributed by atoms with Gasteiger partial charge in [0.25, 0.3) is 0 Å². The van der Waals surface area contributed by atoms with Gasteiger partial charge in [-0.2, -0.15) is 0 Å². The number of azide groups is 1. The van der Waals surface area contributed by atoms with Gasteiger partial charge in [-0.1, -0.05) is 22.8 Å². The molecule has 0 spiro atoms. The van der Waals surface area contributed by atoms with Gasteiger partial charge in [0.2, 0.25) is 5.91 Å². The predicted octanol–water partition coefficient (Wildman–Crippen LogP) is 1.44. The lowest BCUT2D eigenvalue weighted by Gasteiger charge is -2.17. The Morgan fingerprint density at radius 2 is 2.21 bits per heavy atom. The number of aliphatic hydroxyl groups is 1. The molecular weight excluding hydrogens is 430 g/mol. The van der Waals surface area contributed by atoms with E-state index >= 15 is 0 Å². The molecule has 3 aromatic rings. The lowest BCUT2D eigenvalue weighted by atomic mass is 10.1. The molecule has 33 heavy (non-hydrogen) atoms. The van der Waals surface area contributed by atoms with Crippen LogP contribution in [-0.2, 0) is 16.1 Å². The Morgan fingerprint density at radius 3 is 2.94 bits per heavy atom. The molecule has 2 aromatic heterocycles. The molecule has 1 amide bonds. The summed E-state index contributed by atoms with van der Waals surface area (Å²) in [5.74, 6) is 0.711. The van der Waals surface area contributed by atoms with Crippen LogP contribution in [0.5, 0.6) is 5.75 Å². The summed E-state index contributed by atoms with van der Waals surface area (Å²) in [6, 6.07) is 4.78. The Labute approximate surface area is 188 Å². The molecule has 13 nitrogen and oxygen atoms in total. The molecule has 1 fully saturated rings. The Balaban J connectivity index is 1.63. The second-order valence-electron chi connectivity index (χ2n) is 7.46. The van der Waals surface area contributed by atoms with E-state index in [-0.39, 0.29) is 0 Å². The third-order valence-corrected chi connectivity index (χ3v) is 5.44. The first-order chi connectivity index (χ1) is 16.0. The van der Waals surface area contributed by atoms with E-state index in [1.807, 2.05) is 25.1 Å². The van der Waals surface area contributed by atoms with Gasteiger partial charge in [-0.05, 0) is 18.5 Å². The highest BCUT2D eigenvalue weighted by atomic mass is 16.5. The van der Waals surface area contributed by atoms with Crippen LogP contribution >= 0.6 is 0 Å². The first kappa shape index (κ1) is 22.3. The average Bonchev–Trinajstić information content (AvgIpc) is 3.39. The summed E-state index contributed by atoms with van der Waals surface area (Å²) in [6.07, 6.45) is -0.684. The number of carbonyl (C=O) groups excluding carboxylic acids is 1. The van der Waals surface area contributed by atoms with Gasteiger partial charge >= 0.3 is 0 Å². The van der Waals surface area contributed by atoms with Crippen LogP contribution in [0.15, 0.2) is 36.0 Å². The molecule has 0 radical (unpaired) electrons. The molecule has 1 aromatic carbocycles. The molecule has 0 bridgehead atoms. The monoisotopic (exact) mass is 453 g/mol. The summed E-state index contributed by atoms with van der Waals surface area (Å²) in [5.41, 5.74) is 11.7. The fourth-order valence-electron chi connectivity index (χ4n) is 3.83. The number of benzene rings is 1. The minimum absolute atomic E-state index is 0.380. The van der Waals surface area contributed by atoms with E-state index in [1.165, 1.54) is 24.3 Å². The van der Waals surface area contributed by atoms with E-state index in [0.717, 1.165) is 16.9 Å². The molecule has 1 aliphatic rings. The number of aliphatic hydroxyl groups excluding tert-OH is 1. The Bertz CT molecular complexity index is 1220. The molecule has 0 saturated carbocycles. The van der Waals surface area contributed by atoms with E-state index in [2.05, 4.69) is 35.6 Å². The van der Waals surface area contributed by atoms with Gasteiger partial charge in [-0.3, -0.25) is 9.36 Å². The van der Waals surface area contributed by atoms with Crippen molar-refractivity contribution >= 4 is 22.9 Å². The van der Waals surface area contributed by atoms with Gasteiger partial charge < -0.3 is 25.2 Å². The second kappa shape index (κ2) is 9.28. The second-order valence-corrected chi connectivity index (χ2v) is 7.46. The fraction of sp³-hybridized carbons (Fsp3) is 0.400. The van der Waals surface area contributed by atoms with E-state index in [4.69, 9.17) is 15.0 Å². The maximum Gasteiger partial charge on any atom is 0.249 e. The molecule has 1 aliphatic heterocycles. The molecule has 4 rings (SSSR count). The Hall–Kier alpha value is -3.93. The first-order valence-corrected chi connectivity index (χ1v) is 10.1. The van der Waals surface area contributed by atoms with E-state index < -0.39 is 30.4 Å². The highest BCUT2D eigenvalue weighted by Crippen LogP contribution is 2.34. The number of nitrogens with one attached hydrogen (secondary N) is 2. The smallest absolute Gasteiger partial charge is 0.249 e. The van der Waals surface area contributed by atoms with Gasteiger partial charge in [0, 0.05) is 24.1 Å². The molecule has 1 saturated heterocycles. The summed E-state index contributed by atoms with van der Waals surface area (Å²) < 4.78 is 12.7. The number of ether oxygens (including phenoxy) is 2. The fourth-order valence-corrected chi connectivity index (χ4v) is 3.83. The van der Waals surface area contributed by atoms with Crippen molar-refractivity contribution in [3.05, 3.63) is 52.4 Å². The van der Waals surface area contributed by atoms with Crippen molar-refractivity contribution in [3.63, 3.8) is 0 Å². The van der Waals surface area contributed by atoms with Crippen LogP contribution in [-0.4, -0.2) is 62.9 Å². The lowest BCUT2D eigenvalue weighted by molar-refractivity contribution is -0.134. The number of amides is 1. The predicted molar refractivity (Wildman–Crippen MR) is 117 cm³/mol. The SMILES string of the molecule is CNC(=O)C1OC(n2cnc3c(NCc4cc(C)ccc4OC)ncnc32)C(O)C1N=[N+]=[N-]. The topological polar surface area (TPSA) is 172 Å². The minimum Gasteiger partial charge on any atom is -0.496 e. The lowest BCUT2D eigenvalue weighted by Crippen LogP contribution is -2.40. The van der Waals surface area contributed by atoms with Crippen molar-refractivity contribution in [3.8, 4) is 5.75 Å². The zero-order chi connectivity index (χ0) is 23.5. The number of hydrogen-bond donors (Lipinski definition) is 3. The molecule has 3 N–H and O–H groups in total. The highest BCUT2D eigenvalue weighted by Gasteiger charge is 2.48. The van der Waals surface area contributed by atoms with Crippen LogP contribution < -0.4 is 15.4 Å². The number of hydrogen-bond acceptors (Lipinski definition) is 9. The third-order valence-electron chi connectivity index (χ3n) is 5.44. The van der Waals surface area contributed by atoms with E-state index in [0.29, 0.717) is 23.5 Å².